The molecule has 0 radical (unpaired) electrons. The number of aliphatic hydroxyl groups is 2. The second kappa shape index (κ2) is 7.25. The lowest BCUT2D eigenvalue weighted by Crippen LogP contribution is -2.23. The molecule has 2 N–H and O–H groups in total. The molecule has 0 aromatic rings. The van der Waals surface area contributed by atoms with Crippen LogP contribution in [0.2, 0.25) is 0 Å². The Morgan fingerprint density at radius 1 is 1.31 bits per heavy atom. The second-order valence-electron chi connectivity index (χ2n) is 4.99. The third-order valence-corrected chi connectivity index (χ3v) is 3.85. The van der Waals surface area contributed by atoms with E-state index in [1.807, 2.05) is 0 Å². The molecule has 4 unspecified atom stereocenters. The van der Waals surface area contributed by atoms with Gasteiger partial charge in [-0.3, -0.25) is 0 Å². The molecular weight excluding hydrogens is 204 g/mol. The number of ether oxygens (including phenoxy) is 1. The van der Waals surface area contributed by atoms with Crippen LogP contribution < -0.4 is 0 Å². The van der Waals surface area contributed by atoms with Gasteiger partial charge in [-0.15, -0.1) is 0 Å². The van der Waals surface area contributed by atoms with Gasteiger partial charge in [-0.2, -0.15) is 0 Å². The van der Waals surface area contributed by atoms with Crippen molar-refractivity contribution < 1.29 is 14.9 Å². The zero-order chi connectivity index (χ0) is 12.0. The summed E-state index contributed by atoms with van der Waals surface area (Å²) in [5, 5.41) is 19.4. The summed E-state index contributed by atoms with van der Waals surface area (Å²) in [6.45, 7) is 2.19. The van der Waals surface area contributed by atoms with Crippen LogP contribution in [0.4, 0.5) is 0 Å². The van der Waals surface area contributed by atoms with Crippen molar-refractivity contribution in [3.63, 3.8) is 0 Å². The fraction of sp³-hybridized carbons (Fsp3) is 1.00. The smallest absolute Gasteiger partial charge is 0.154 e. The van der Waals surface area contributed by atoms with Crippen LogP contribution in [0.5, 0.6) is 0 Å². The molecule has 0 spiro atoms. The molecule has 1 aliphatic rings. The Balaban J connectivity index is 2.36. The van der Waals surface area contributed by atoms with Crippen molar-refractivity contribution in [2.24, 2.45) is 11.8 Å². The van der Waals surface area contributed by atoms with E-state index in [-0.39, 0.29) is 6.10 Å². The van der Waals surface area contributed by atoms with Crippen LogP contribution in [0, 0.1) is 11.8 Å². The van der Waals surface area contributed by atoms with Crippen molar-refractivity contribution in [1.29, 1.82) is 0 Å². The fourth-order valence-electron chi connectivity index (χ4n) is 2.83. The summed E-state index contributed by atoms with van der Waals surface area (Å²) in [6, 6.07) is 0. The lowest BCUT2D eigenvalue weighted by Gasteiger charge is -2.23. The van der Waals surface area contributed by atoms with Crippen molar-refractivity contribution in [3.8, 4) is 0 Å². The van der Waals surface area contributed by atoms with E-state index in [4.69, 9.17) is 4.74 Å². The molecule has 0 saturated heterocycles. The minimum atomic E-state index is -0.663. The van der Waals surface area contributed by atoms with E-state index in [1.54, 1.807) is 0 Å². The minimum absolute atomic E-state index is 0.161. The summed E-state index contributed by atoms with van der Waals surface area (Å²) in [5.74, 6) is 0.804. The molecule has 4 atom stereocenters. The van der Waals surface area contributed by atoms with Gasteiger partial charge < -0.3 is 14.9 Å². The molecule has 1 saturated carbocycles. The molecule has 0 aromatic carbocycles. The summed E-state index contributed by atoms with van der Waals surface area (Å²) >= 11 is 0. The quantitative estimate of drug-likeness (QED) is 0.521. The Morgan fingerprint density at radius 2 is 2.06 bits per heavy atom. The lowest BCUT2D eigenvalue weighted by molar-refractivity contribution is -0.0917. The normalized spacial score (nSPS) is 31.9. The van der Waals surface area contributed by atoms with Gasteiger partial charge >= 0.3 is 0 Å². The Kier molecular flexibility index (Phi) is 6.32. The highest BCUT2D eigenvalue weighted by Crippen LogP contribution is 2.38. The predicted molar refractivity (Wildman–Crippen MR) is 64.0 cm³/mol. The van der Waals surface area contributed by atoms with Gasteiger partial charge in [0, 0.05) is 13.5 Å². The van der Waals surface area contributed by atoms with Crippen molar-refractivity contribution >= 4 is 0 Å². The standard InChI is InChI=1S/C13H26O3/c1-3-4-5-6-11-10(7-8-12(11)14)9-13(15)16-2/h10-15H,3-9H2,1-2H3. The van der Waals surface area contributed by atoms with E-state index < -0.39 is 6.29 Å². The molecule has 3 nitrogen and oxygen atoms in total. The Morgan fingerprint density at radius 3 is 2.69 bits per heavy atom. The molecule has 1 aliphatic carbocycles. The molecule has 0 amide bonds. The van der Waals surface area contributed by atoms with Crippen LogP contribution in [0.3, 0.4) is 0 Å². The van der Waals surface area contributed by atoms with E-state index in [0.717, 1.165) is 19.3 Å². The van der Waals surface area contributed by atoms with Gasteiger partial charge in [0.2, 0.25) is 0 Å². The third-order valence-electron chi connectivity index (χ3n) is 3.85. The van der Waals surface area contributed by atoms with Gasteiger partial charge in [-0.25, -0.2) is 0 Å². The van der Waals surface area contributed by atoms with Crippen molar-refractivity contribution in [3.05, 3.63) is 0 Å². The zero-order valence-electron chi connectivity index (χ0n) is 10.6. The molecular formula is C13H26O3. The number of aliphatic hydroxyl groups excluding tert-OH is 2. The van der Waals surface area contributed by atoms with E-state index in [9.17, 15) is 10.2 Å². The monoisotopic (exact) mass is 230 g/mol. The molecule has 1 fully saturated rings. The van der Waals surface area contributed by atoms with Gasteiger partial charge in [-0.05, 0) is 31.1 Å². The molecule has 3 heteroatoms. The number of methoxy groups -OCH3 is 1. The third kappa shape index (κ3) is 4.04. The van der Waals surface area contributed by atoms with Crippen molar-refractivity contribution in [1.82, 2.24) is 0 Å². The number of unbranched alkanes of at least 4 members (excludes halogenated alkanes) is 2. The van der Waals surface area contributed by atoms with E-state index in [1.165, 1.54) is 26.4 Å². The van der Waals surface area contributed by atoms with E-state index in [0.29, 0.717) is 18.3 Å². The molecule has 0 bridgehead atoms. The Hall–Kier alpha value is -0.120. The molecule has 0 aromatic heterocycles. The Labute approximate surface area is 98.8 Å². The molecule has 16 heavy (non-hydrogen) atoms. The van der Waals surface area contributed by atoms with Crippen LogP contribution in [0.25, 0.3) is 0 Å². The second-order valence-corrected chi connectivity index (χ2v) is 4.99. The lowest BCUT2D eigenvalue weighted by atomic mass is 9.87. The van der Waals surface area contributed by atoms with Crippen molar-refractivity contribution in [2.75, 3.05) is 7.11 Å². The van der Waals surface area contributed by atoms with Crippen LogP contribution in [0.15, 0.2) is 0 Å². The number of hydrogen-bond acceptors (Lipinski definition) is 3. The molecule has 0 heterocycles. The van der Waals surface area contributed by atoms with Crippen LogP contribution in [-0.4, -0.2) is 29.7 Å². The number of hydrogen-bond donors (Lipinski definition) is 2. The Bertz CT molecular complexity index is 184. The molecule has 96 valence electrons. The van der Waals surface area contributed by atoms with Gasteiger partial charge in [0.25, 0.3) is 0 Å². The van der Waals surface area contributed by atoms with Crippen LogP contribution >= 0.6 is 0 Å². The summed E-state index contributed by atoms with van der Waals surface area (Å²) in [7, 11) is 1.53. The summed E-state index contributed by atoms with van der Waals surface area (Å²) in [4.78, 5) is 0. The summed E-state index contributed by atoms with van der Waals surface area (Å²) in [6.07, 6.45) is 6.50. The zero-order valence-corrected chi connectivity index (χ0v) is 10.6. The maximum atomic E-state index is 9.92. The minimum Gasteiger partial charge on any atom is -0.393 e. The van der Waals surface area contributed by atoms with Gasteiger partial charge in [0.15, 0.2) is 6.29 Å². The molecule has 0 aliphatic heterocycles. The first kappa shape index (κ1) is 13.9. The topological polar surface area (TPSA) is 49.7 Å². The van der Waals surface area contributed by atoms with Crippen molar-refractivity contribution in [2.45, 2.75) is 64.3 Å². The largest absolute Gasteiger partial charge is 0.393 e. The molecule has 1 rings (SSSR count). The maximum absolute atomic E-state index is 9.92. The number of rotatable bonds is 7. The fourth-order valence-corrected chi connectivity index (χ4v) is 2.83. The summed E-state index contributed by atoms with van der Waals surface area (Å²) < 4.78 is 4.90. The summed E-state index contributed by atoms with van der Waals surface area (Å²) in [5.41, 5.74) is 0. The van der Waals surface area contributed by atoms with Gasteiger partial charge in [0.05, 0.1) is 6.10 Å². The maximum Gasteiger partial charge on any atom is 0.154 e. The van der Waals surface area contributed by atoms with Gasteiger partial charge in [0.1, 0.15) is 0 Å². The highest BCUT2D eigenvalue weighted by Gasteiger charge is 2.35. The van der Waals surface area contributed by atoms with E-state index >= 15 is 0 Å². The highest BCUT2D eigenvalue weighted by molar-refractivity contribution is 4.84. The first-order valence-electron chi connectivity index (χ1n) is 6.58. The average Bonchev–Trinajstić information content (AvgIpc) is 2.61. The SMILES string of the molecule is CCCCCC1C(O)CCC1CC(O)OC. The predicted octanol–water partition coefficient (Wildman–Crippen LogP) is 2.31. The van der Waals surface area contributed by atoms with E-state index in [2.05, 4.69) is 6.92 Å². The first-order valence-corrected chi connectivity index (χ1v) is 6.58. The highest BCUT2D eigenvalue weighted by atomic mass is 16.6. The van der Waals surface area contributed by atoms with Gasteiger partial charge in [-0.1, -0.05) is 26.2 Å². The van der Waals surface area contributed by atoms with Crippen LogP contribution in [-0.2, 0) is 4.74 Å². The van der Waals surface area contributed by atoms with Crippen LogP contribution in [0.1, 0.15) is 51.9 Å². The first-order chi connectivity index (χ1) is 7.69. The average molecular weight is 230 g/mol.